The highest BCUT2D eigenvalue weighted by Gasteiger charge is 2.22. The zero-order valence-electron chi connectivity index (χ0n) is 12.0. The van der Waals surface area contributed by atoms with Gasteiger partial charge >= 0.3 is 5.97 Å². The molecule has 0 fully saturated rings. The van der Waals surface area contributed by atoms with Crippen LogP contribution in [0.5, 0.6) is 0 Å². The maximum absolute atomic E-state index is 11.9. The Hall–Kier alpha value is -1.81. The van der Waals surface area contributed by atoms with Gasteiger partial charge in [-0.3, -0.25) is 4.79 Å². The molecular formula is C16H20N2O2. The second-order valence-corrected chi connectivity index (χ2v) is 5.21. The molecule has 2 heterocycles. The van der Waals surface area contributed by atoms with Gasteiger partial charge in [-0.15, -0.1) is 0 Å². The summed E-state index contributed by atoms with van der Waals surface area (Å²) in [6, 6.07) is 6.33. The van der Waals surface area contributed by atoms with Crippen molar-refractivity contribution in [3.63, 3.8) is 0 Å². The number of nitrogens with zero attached hydrogens (tertiary/aromatic N) is 1. The molecule has 0 amide bonds. The lowest BCUT2D eigenvalue weighted by Gasteiger charge is -2.16. The summed E-state index contributed by atoms with van der Waals surface area (Å²) in [7, 11) is 0. The van der Waals surface area contributed by atoms with E-state index in [1.807, 2.05) is 6.92 Å². The first-order valence-corrected chi connectivity index (χ1v) is 7.18. The quantitative estimate of drug-likeness (QED) is 0.871. The number of para-hydroxylation sites is 1. The van der Waals surface area contributed by atoms with E-state index in [0.717, 1.165) is 19.5 Å². The Balaban J connectivity index is 2.16. The van der Waals surface area contributed by atoms with E-state index in [2.05, 4.69) is 35.0 Å². The Kier molecular flexibility index (Phi) is 3.49. The number of esters is 1. The number of hydrogen-bond acceptors (Lipinski definition) is 3. The molecule has 0 radical (unpaired) electrons. The van der Waals surface area contributed by atoms with Gasteiger partial charge < -0.3 is 14.6 Å². The molecule has 0 bridgehead atoms. The summed E-state index contributed by atoms with van der Waals surface area (Å²) in [6.07, 6.45) is 0.961. The van der Waals surface area contributed by atoms with E-state index >= 15 is 0 Å². The van der Waals surface area contributed by atoms with Gasteiger partial charge in [0, 0.05) is 30.6 Å². The van der Waals surface area contributed by atoms with Gasteiger partial charge in [-0.25, -0.2) is 0 Å². The van der Waals surface area contributed by atoms with Gasteiger partial charge in [0.15, 0.2) is 0 Å². The fourth-order valence-corrected chi connectivity index (χ4v) is 3.13. The van der Waals surface area contributed by atoms with Crippen LogP contribution in [0.2, 0.25) is 0 Å². The molecule has 0 spiro atoms. The summed E-state index contributed by atoms with van der Waals surface area (Å²) >= 11 is 0. The highest BCUT2D eigenvalue weighted by Crippen LogP contribution is 2.30. The Morgan fingerprint density at radius 2 is 2.30 bits per heavy atom. The molecule has 0 atom stereocenters. The fourth-order valence-electron chi connectivity index (χ4n) is 3.13. The molecule has 1 aromatic heterocycles. The summed E-state index contributed by atoms with van der Waals surface area (Å²) in [5, 5.41) is 4.68. The van der Waals surface area contributed by atoms with Gasteiger partial charge in [0.1, 0.15) is 6.54 Å². The van der Waals surface area contributed by atoms with Crippen molar-refractivity contribution in [3.8, 4) is 0 Å². The third-order valence-corrected chi connectivity index (χ3v) is 3.94. The first kappa shape index (κ1) is 13.2. The Bertz CT molecular complexity index is 658. The number of ether oxygens (including phenoxy) is 1. The second kappa shape index (κ2) is 5.29. The van der Waals surface area contributed by atoms with Crippen LogP contribution >= 0.6 is 0 Å². The van der Waals surface area contributed by atoms with Crippen LogP contribution in [0, 0.1) is 6.92 Å². The molecule has 0 aliphatic carbocycles. The van der Waals surface area contributed by atoms with Crippen molar-refractivity contribution in [1.29, 1.82) is 0 Å². The molecule has 1 N–H and O–H groups in total. The predicted octanol–water partition coefficient (Wildman–Crippen LogP) is 2.16. The maximum Gasteiger partial charge on any atom is 0.325 e. The van der Waals surface area contributed by atoms with E-state index in [4.69, 9.17) is 4.74 Å². The Morgan fingerprint density at radius 1 is 1.45 bits per heavy atom. The van der Waals surface area contributed by atoms with Gasteiger partial charge in [0.05, 0.1) is 12.1 Å². The molecule has 0 saturated heterocycles. The monoisotopic (exact) mass is 272 g/mol. The summed E-state index contributed by atoms with van der Waals surface area (Å²) in [5.74, 6) is -0.158. The molecular weight excluding hydrogens is 252 g/mol. The van der Waals surface area contributed by atoms with Crippen LogP contribution in [0.3, 0.4) is 0 Å². The minimum absolute atomic E-state index is 0.158. The molecule has 0 saturated carbocycles. The molecule has 0 unspecified atom stereocenters. The van der Waals surface area contributed by atoms with Crippen LogP contribution < -0.4 is 5.32 Å². The summed E-state index contributed by atoms with van der Waals surface area (Å²) < 4.78 is 7.27. The van der Waals surface area contributed by atoms with Gasteiger partial charge in [0.25, 0.3) is 0 Å². The number of aromatic nitrogens is 1. The van der Waals surface area contributed by atoms with E-state index in [9.17, 15) is 4.79 Å². The number of fused-ring (bicyclic) bond motifs is 3. The molecule has 4 nitrogen and oxygen atoms in total. The van der Waals surface area contributed by atoms with E-state index in [1.54, 1.807) is 0 Å². The van der Waals surface area contributed by atoms with E-state index in [0.29, 0.717) is 13.2 Å². The Labute approximate surface area is 118 Å². The number of nitrogens with one attached hydrogen (secondary N) is 1. The zero-order chi connectivity index (χ0) is 14.1. The van der Waals surface area contributed by atoms with Crippen molar-refractivity contribution in [2.24, 2.45) is 0 Å². The SMILES string of the molecule is CCOC(=O)Cn1c2c(c3cccc(C)c31)CNCC2. The molecule has 1 aromatic carbocycles. The highest BCUT2D eigenvalue weighted by molar-refractivity contribution is 5.89. The number of aryl methyl sites for hydroxylation is 1. The van der Waals surface area contributed by atoms with Crippen LogP contribution in [0.4, 0.5) is 0 Å². The van der Waals surface area contributed by atoms with Crippen molar-refractivity contribution in [2.75, 3.05) is 13.2 Å². The first-order chi connectivity index (χ1) is 9.72. The highest BCUT2D eigenvalue weighted by atomic mass is 16.5. The standard InChI is InChI=1S/C16H20N2O2/c1-3-20-15(19)10-18-14-7-8-17-9-13(14)12-6-4-5-11(2)16(12)18/h4-6,17H,3,7-10H2,1-2H3. The van der Waals surface area contributed by atoms with Crippen LogP contribution in [0.25, 0.3) is 10.9 Å². The topological polar surface area (TPSA) is 43.3 Å². The third kappa shape index (κ3) is 2.10. The van der Waals surface area contributed by atoms with Gasteiger partial charge in [-0.1, -0.05) is 18.2 Å². The minimum Gasteiger partial charge on any atom is -0.465 e. The largest absolute Gasteiger partial charge is 0.465 e. The van der Waals surface area contributed by atoms with Crippen molar-refractivity contribution in [2.45, 2.75) is 33.4 Å². The number of hydrogen-bond donors (Lipinski definition) is 1. The van der Waals surface area contributed by atoms with Crippen molar-refractivity contribution in [3.05, 3.63) is 35.0 Å². The van der Waals surface area contributed by atoms with E-state index < -0.39 is 0 Å². The average Bonchev–Trinajstić information content (AvgIpc) is 2.76. The minimum atomic E-state index is -0.158. The van der Waals surface area contributed by atoms with Crippen molar-refractivity contribution < 1.29 is 9.53 Å². The summed E-state index contributed by atoms with van der Waals surface area (Å²) in [5.41, 5.74) is 5.00. The van der Waals surface area contributed by atoms with E-state index in [1.165, 1.54) is 27.7 Å². The predicted molar refractivity (Wildman–Crippen MR) is 78.7 cm³/mol. The molecule has 106 valence electrons. The second-order valence-electron chi connectivity index (χ2n) is 5.21. The normalized spacial score (nSPS) is 14.3. The number of benzene rings is 1. The van der Waals surface area contributed by atoms with Crippen LogP contribution in [-0.4, -0.2) is 23.7 Å². The summed E-state index contributed by atoms with van der Waals surface area (Å²) in [6.45, 7) is 6.53. The number of carbonyl (C=O) groups is 1. The lowest BCUT2D eigenvalue weighted by molar-refractivity contribution is -0.143. The van der Waals surface area contributed by atoms with Gasteiger partial charge in [-0.2, -0.15) is 0 Å². The lowest BCUT2D eigenvalue weighted by Crippen LogP contribution is -2.26. The maximum atomic E-state index is 11.9. The summed E-state index contributed by atoms with van der Waals surface area (Å²) in [4.78, 5) is 11.9. The Morgan fingerprint density at radius 3 is 3.10 bits per heavy atom. The lowest BCUT2D eigenvalue weighted by atomic mass is 10.0. The molecule has 1 aliphatic rings. The van der Waals surface area contributed by atoms with Gasteiger partial charge in [-0.05, 0) is 25.0 Å². The van der Waals surface area contributed by atoms with Crippen molar-refractivity contribution >= 4 is 16.9 Å². The smallest absolute Gasteiger partial charge is 0.325 e. The zero-order valence-corrected chi connectivity index (χ0v) is 12.0. The first-order valence-electron chi connectivity index (χ1n) is 7.18. The van der Waals surface area contributed by atoms with Crippen LogP contribution in [-0.2, 0) is 29.0 Å². The van der Waals surface area contributed by atoms with Crippen LogP contribution in [0.1, 0.15) is 23.7 Å². The number of carbonyl (C=O) groups excluding carboxylic acids is 1. The molecule has 3 rings (SSSR count). The van der Waals surface area contributed by atoms with Gasteiger partial charge in [0.2, 0.25) is 0 Å². The molecule has 4 heteroatoms. The van der Waals surface area contributed by atoms with Crippen molar-refractivity contribution in [1.82, 2.24) is 9.88 Å². The molecule has 1 aliphatic heterocycles. The van der Waals surface area contributed by atoms with E-state index in [-0.39, 0.29) is 5.97 Å². The average molecular weight is 272 g/mol. The molecule has 20 heavy (non-hydrogen) atoms. The fraction of sp³-hybridized carbons (Fsp3) is 0.438. The number of rotatable bonds is 3. The van der Waals surface area contributed by atoms with Crippen LogP contribution in [0.15, 0.2) is 18.2 Å². The molecule has 2 aromatic rings. The third-order valence-electron chi connectivity index (χ3n) is 3.94.